The fourth-order valence-electron chi connectivity index (χ4n) is 1.09. The number of halogens is 1. The quantitative estimate of drug-likeness (QED) is 0.562. The molecule has 13 heavy (non-hydrogen) atoms. The molecule has 0 aliphatic rings. The molecule has 0 aliphatic heterocycles. The van der Waals surface area contributed by atoms with E-state index in [9.17, 15) is 10.1 Å². The van der Waals surface area contributed by atoms with Crippen molar-refractivity contribution in [3.05, 3.63) is 33.5 Å². The first-order valence-corrected chi connectivity index (χ1v) is 3.83. The maximum absolute atomic E-state index is 10.5. The highest BCUT2D eigenvalue weighted by Crippen LogP contribution is 2.28. The van der Waals surface area contributed by atoms with Crippen LogP contribution < -0.4 is 0 Å². The molecule has 0 saturated heterocycles. The van der Waals surface area contributed by atoms with Gasteiger partial charge in [0.25, 0.3) is 5.69 Å². The molecule has 0 atom stereocenters. The van der Waals surface area contributed by atoms with Gasteiger partial charge in [-0.3, -0.25) is 15.2 Å². The molecule has 1 aromatic heterocycles. The lowest BCUT2D eigenvalue weighted by Crippen LogP contribution is -1.88. The van der Waals surface area contributed by atoms with Crippen molar-refractivity contribution >= 4 is 28.2 Å². The highest BCUT2D eigenvalue weighted by molar-refractivity contribution is 6.33. The van der Waals surface area contributed by atoms with Crippen LogP contribution in [0.5, 0.6) is 0 Å². The van der Waals surface area contributed by atoms with Crippen molar-refractivity contribution in [2.75, 3.05) is 0 Å². The van der Waals surface area contributed by atoms with Crippen molar-refractivity contribution in [1.82, 2.24) is 10.2 Å². The predicted octanol–water partition coefficient (Wildman–Crippen LogP) is 2.12. The fourth-order valence-corrected chi connectivity index (χ4v) is 1.33. The Bertz CT molecular complexity index is 480. The fraction of sp³-hybridized carbons (Fsp3) is 0. The van der Waals surface area contributed by atoms with Crippen LogP contribution in [0.4, 0.5) is 5.69 Å². The number of aromatic nitrogens is 2. The lowest BCUT2D eigenvalue weighted by Gasteiger charge is -1.94. The monoisotopic (exact) mass is 197 g/mol. The summed E-state index contributed by atoms with van der Waals surface area (Å²) in [5.41, 5.74) is 0.495. The van der Waals surface area contributed by atoms with Gasteiger partial charge in [-0.05, 0) is 6.07 Å². The third-order valence-electron chi connectivity index (χ3n) is 1.70. The summed E-state index contributed by atoms with van der Waals surface area (Å²) >= 11 is 5.67. The van der Waals surface area contributed by atoms with E-state index >= 15 is 0 Å². The van der Waals surface area contributed by atoms with Crippen molar-refractivity contribution in [3.63, 3.8) is 0 Å². The minimum Gasteiger partial charge on any atom is -0.278 e. The molecule has 0 saturated carbocycles. The highest BCUT2D eigenvalue weighted by Gasteiger charge is 2.13. The van der Waals surface area contributed by atoms with Gasteiger partial charge in [-0.2, -0.15) is 5.10 Å². The van der Waals surface area contributed by atoms with Crippen LogP contribution in [0.25, 0.3) is 10.9 Å². The van der Waals surface area contributed by atoms with Crippen molar-refractivity contribution in [3.8, 4) is 0 Å². The first-order chi connectivity index (χ1) is 6.18. The summed E-state index contributed by atoms with van der Waals surface area (Å²) < 4.78 is 0. The van der Waals surface area contributed by atoms with Gasteiger partial charge >= 0.3 is 0 Å². The van der Waals surface area contributed by atoms with Gasteiger partial charge in [-0.15, -0.1) is 0 Å². The molecule has 1 aromatic carbocycles. The Balaban J connectivity index is 2.76. The van der Waals surface area contributed by atoms with Crippen molar-refractivity contribution in [2.24, 2.45) is 0 Å². The normalized spacial score (nSPS) is 10.5. The first kappa shape index (κ1) is 8.00. The lowest BCUT2D eigenvalue weighted by molar-refractivity contribution is -0.384. The van der Waals surface area contributed by atoms with E-state index in [1.807, 2.05) is 0 Å². The Morgan fingerprint density at radius 1 is 1.54 bits per heavy atom. The number of hydrogen-bond acceptors (Lipinski definition) is 3. The van der Waals surface area contributed by atoms with Crippen LogP contribution in [0, 0.1) is 10.1 Å². The number of nitrogens with one attached hydrogen (secondary N) is 1. The van der Waals surface area contributed by atoms with Crippen molar-refractivity contribution < 1.29 is 4.92 Å². The van der Waals surface area contributed by atoms with E-state index in [2.05, 4.69) is 10.2 Å². The zero-order valence-corrected chi connectivity index (χ0v) is 7.08. The van der Waals surface area contributed by atoms with Crippen LogP contribution in [0.2, 0.25) is 5.02 Å². The number of rotatable bonds is 1. The van der Waals surface area contributed by atoms with E-state index in [-0.39, 0.29) is 10.7 Å². The molecule has 0 spiro atoms. The van der Waals surface area contributed by atoms with Gasteiger partial charge in [-0.1, -0.05) is 11.6 Å². The summed E-state index contributed by atoms with van der Waals surface area (Å²) in [4.78, 5) is 9.95. The van der Waals surface area contributed by atoms with Gasteiger partial charge in [0.15, 0.2) is 0 Å². The van der Waals surface area contributed by atoms with Gasteiger partial charge < -0.3 is 0 Å². The zero-order valence-electron chi connectivity index (χ0n) is 6.32. The number of H-pyrrole nitrogens is 1. The highest BCUT2D eigenvalue weighted by atomic mass is 35.5. The standard InChI is InChI=1S/C7H4ClN3O2/c8-5-1-4-3-9-10-6(4)2-7(5)11(12)13/h1-3H,(H,9,10). The molecular weight excluding hydrogens is 194 g/mol. The minimum absolute atomic E-state index is 0.113. The van der Waals surface area contributed by atoms with Crippen LogP contribution in [0.1, 0.15) is 0 Å². The Morgan fingerprint density at radius 2 is 2.31 bits per heavy atom. The molecule has 1 heterocycles. The third kappa shape index (κ3) is 1.23. The number of hydrogen-bond donors (Lipinski definition) is 1. The summed E-state index contributed by atoms with van der Waals surface area (Å²) in [6.45, 7) is 0. The Morgan fingerprint density at radius 3 is 3.00 bits per heavy atom. The molecule has 0 fully saturated rings. The summed E-state index contributed by atoms with van der Waals surface area (Å²) in [5, 5.41) is 17.7. The van der Waals surface area contributed by atoms with Crippen LogP contribution >= 0.6 is 11.6 Å². The molecule has 0 amide bonds. The van der Waals surface area contributed by atoms with Crippen LogP contribution in [0.3, 0.4) is 0 Å². The zero-order chi connectivity index (χ0) is 9.42. The van der Waals surface area contributed by atoms with Crippen molar-refractivity contribution in [1.29, 1.82) is 0 Å². The van der Waals surface area contributed by atoms with E-state index in [0.29, 0.717) is 5.52 Å². The first-order valence-electron chi connectivity index (χ1n) is 3.45. The van der Waals surface area contributed by atoms with Gasteiger partial charge in [0.2, 0.25) is 0 Å². The molecular formula is C7H4ClN3O2. The smallest absolute Gasteiger partial charge is 0.278 e. The molecule has 2 rings (SSSR count). The second-order valence-electron chi connectivity index (χ2n) is 2.52. The second kappa shape index (κ2) is 2.70. The molecule has 0 aliphatic carbocycles. The van der Waals surface area contributed by atoms with Gasteiger partial charge in [-0.25, -0.2) is 0 Å². The SMILES string of the molecule is O=[N+]([O-])c1cc2[nH]ncc2cc1Cl. The van der Waals surface area contributed by atoms with Gasteiger partial charge in [0.1, 0.15) is 5.02 Å². The van der Waals surface area contributed by atoms with Crippen LogP contribution in [0.15, 0.2) is 18.3 Å². The predicted molar refractivity (Wildman–Crippen MR) is 47.8 cm³/mol. The molecule has 0 unspecified atom stereocenters. The van der Waals surface area contributed by atoms with Gasteiger partial charge in [0, 0.05) is 11.5 Å². The summed E-state index contributed by atoms with van der Waals surface area (Å²) in [7, 11) is 0. The third-order valence-corrected chi connectivity index (χ3v) is 2.01. The molecule has 0 bridgehead atoms. The molecule has 2 aromatic rings. The summed E-state index contributed by atoms with van der Waals surface area (Å²) in [5.74, 6) is 0. The molecule has 66 valence electrons. The average Bonchev–Trinajstić information content (AvgIpc) is 2.48. The minimum atomic E-state index is -0.525. The number of nitro groups is 1. The van der Waals surface area contributed by atoms with E-state index in [1.165, 1.54) is 12.1 Å². The van der Waals surface area contributed by atoms with Crippen LogP contribution in [-0.4, -0.2) is 15.1 Å². The Kier molecular flexibility index (Phi) is 1.66. The van der Waals surface area contributed by atoms with Crippen LogP contribution in [-0.2, 0) is 0 Å². The second-order valence-corrected chi connectivity index (χ2v) is 2.93. The van der Waals surface area contributed by atoms with E-state index < -0.39 is 4.92 Å². The molecule has 1 N–H and O–H groups in total. The van der Waals surface area contributed by atoms with E-state index in [0.717, 1.165) is 5.39 Å². The Labute approximate surface area is 77.5 Å². The number of nitrogens with zero attached hydrogens (tertiary/aromatic N) is 2. The molecule has 5 nitrogen and oxygen atoms in total. The largest absolute Gasteiger partial charge is 0.290 e. The topological polar surface area (TPSA) is 71.8 Å². The summed E-state index contributed by atoms with van der Waals surface area (Å²) in [6, 6.07) is 2.88. The number of benzene rings is 1. The van der Waals surface area contributed by atoms with Crippen molar-refractivity contribution in [2.45, 2.75) is 0 Å². The molecule has 6 heteroatoms. The molecule has 0 radical (unpaired) electrons. The Hall–Kier alpha value is -1.62. The summed E-state index contributed by atoms with van der Waals surface area (Å²) in [6.07, 6.45) is 1.56. The van der Waals surface area contributed by atoms with E-state index in [4.69, 9.17) is 11.6 Å². The maximum atomic E-state index is 10.5. The number of fused-ring (bicyclic) bond motifs is 1. The number of nitro benzene ring substituents is 1. The number of aromatic amines is 1. The van der Waals surface area contributed by atoms with Gasteiger partial charge in [0.05, 0.1) is 16.6 Å². The maximum Gasteiger partial charge on any atom is 0.290 e. The van der Waals surface area contributed by atoms with E-state index in [1.54, 1.807) is 6.20 Å². The average molecular weight is 198 g/mol. The lowest BCUT2D eigenvalue weighted by atomic mass is 10.2.